The third-order valence-electron chi connectivity index (χ3n) is 2.61. The first kappa shape index (κ1) is 16.7. The lowest BCUT2D eigenvalue weighted by molar-refractivity contribution is -0.135. The summed E-state index contributed by atoms with van der Waals surface area (Å²) in [5, 5.41) is 17.7. The number of unbranched alkanes of at least 4 members (excludes halogenated alkanes) is 1. The Balaban J connectivity index is 4.15. The van der Waals surface area contributed by atoms with Crippen molar-refractivity contribution >= 4 is 5.91 Å². The van der Waals surface area contributed by atoms with Gasteiger partial charge in [0.1, 0.15) is 0 Å². The monoisotopic (exact) mass is 253 g/mol. The quantitative estimate of drug-likeness (QED) is 0.406. The molecule has 0 aromatic rings. The average molecular weight is 253 g/mol. The molecule has 0 bridgehead atoms. The third kappa shape index (κ3) is 7.10. The van der Waals surface area contributed by atoms with E-state index in [0.29, 0.717) is 12.5 Å². The van der Waals surface area contributed by atoms with Crippen LogP contribution in [0.2, 0.25) is 0 Å². The summed E-state index contributed by atoms with van der Waals surface area (Å²) in [6.45, 7) is 5.94. The number of carbonyl (C=O) groups excluding carboxylic acids is 1. The van der Waals surface area contributed by atoms with Gasteiger partial charge in [-0.1, -0.05) is 25.8 Å². The number of aliphatic hydroxyl groups is 2. The second kappa shape index (κ2) is 8.73. The van der Waals surface area contributed by atoms with Crippen LogP contribution < -0.4 is 0 Å². The summed E-state index contributed by atoms with van der Waals surface area (Å²) in [6, 6.07) is 0. The smallest absolute Gasteiger partial charge is 0.219 e. The highest BCUT2D eigenvalue weighted by molar-refractivity contribution is 5.73. The summed E-state index contributed by atoms with van der Waals surface area (Å²) < 4.78 is 0. The van der Waals surface area contributed by atoms with Gasteiger partial charge in [-0.15, -0.1) is 6.42 Å². The maximum atomic E-state index is 11.2. The van der Waals surface area contributed by atoms with Crippen LogP contribution in [0.1, 0.15) is 33.6 Å². The molecule has 0 rings (SSSR count). The van der Waals surface area contributed by atoms with E-state index in [1.165, 1.54) is 11.8 Å². The molecule has 0 atom stereocenters. The summed E-state index contributed by atoms with van der Waals surface area (Å²) >= 11 is 0. The molecule has 0 aromatic heterocycles. The summed E-state index contributed by atoms with van der Waals surface area (Å²) in [5.41, 5.74) is 0.964. The largest absolute Gasteiger partial charge is 0.367 e. The lowest BCUT2D eigenvalue weighted by atomic mass is 10.0. The summed E-state index contributed by atoms with van der Waals surface area (Å²) in [4.78, 5) is 12.6. The Morgan fingerprint density at radius 1 is 1.44 bits per heavy atom. The number of nitrogens with zero attached hydrogens (tertiary/aromatic N) is 1. The van der Waals surface area contributed by atoms with E-state index in [-0.39, 0.29) is 12.5 Å². The maximum absolute atomic E-state index is 11.2. The molecule has 4 heteroatoms. The molecule has 0 unspecified atom stereocenters. The molecular weight excluding hydrogens is 230 g/mol. The summed E-state index contributed by atoms with van der Waals surface area (Å²) in [6.07, 6.45) is 7.43. The standard InChI is InChI=1S/C14H23NO3/c1-5-13(11(2)3)8-6-7-9-15(12(4)16)10-14(17)18/h1,8,11,14,17-18H,6-7,9-10H2,2-4H3/b13-8-. The molecule has 0 aliphatic heterocycles. The topological polar surface area (TPSA) is 60.8 Å². The van der Waals surface area contributed by atoms with Crippen molar-refractivity contribution in [2.45, 2.75) is 39.9 Å². The molecule has 102 valence electrons. The lowest BCUT2D eigenvalue weighted by Crippen LogP contribution is -2.36. The lowest BCUT2D eigenvalue weighted by Gasteiger charge is -2.21. The number of terminal acetylenes is 1. The molecule has 0 saturated carbocycles. The van der Waals surface area contributed by atoms with Gasteiger partial charge in [0, 0.05) is 19.0 Å². The van der Waals surface area contributed by atoms with Gasteiger partial charge in [-0.2, -0.15) is 0 Å². The highest BCUT2D eigenvalue weighted by Gasteiger charge is 2.11. The second-order valence-electron chi connectivity index (χ2n) is 4.55. The number of rotatable bonds is 7. The van der Waals surface area contributed by atoms with Crippen LogP contribution in [-0.2, 0) is 4.79 Å². The number of amides is 1. The van der Waals surface area contributed by atoms with E-state index < -0.39 is 6.29 Å². The zero-order valence-corrected chi connectivity index (χ0v) is 11.4. The minimum Gasteiger partial charge on any atom is -0.367 e. The number of allylic oxidation sites excluding steroid dienone is 2. The molecule has 0 fully saturated rings. The van der Waals surface area contributed by atoms with Gasteiger partial charge in [-0.05, 0) is 18.8 Å². The molecule has 0 aliphatic carbocycles. The van der Waals surface area contributed by atoms with Gasteiger partial charge in [-0.3, -0.25) is 4.79 Å². The number of hydrogen-bond donors (Lipinski definition) is 2. The van der Waals surface area contributed by atoms with Gasteiger partial charge >= 0.3 is 0 Å². The Kier molecular flexibility index (Phi) is 8.10. The molecule has 0 radical (unpaired) electrons. The van der Waals surface area contributed by atoms with Crippen LogP contribution in [0.15, 0.2) is 11.6 Å². The van der Waals surface area contributed by atoms with E-state index in [1.807, 2.05) is 19.9 Å². The van der Waals surface area contributed by atoms with E-state index in [9.17, 15) is 4.79 Å². The zero-order valence-electron chi connectivity index (χ0n) is 11.4. The fraction of sp³-hybridized carbons (Fsp3) is 0.643. The average Bonchev–Trinajstić information content (AvgIpc) is 2.26. The highest BCUT2D eigenvalue weighted by atomic mass is 16.5. The Morgan fingerprint density at radius 3 is 2.44 bits per heavy atom. The van der Waals surface area contributed by atoms with E-state index in [0.717, 1.165) is 18.4 Å². The van der Waals surface area contributed by atoms with E-state index >= 15 is 0 Å². The van der Waals surface area contributed by atoms with Crippen molar-refractivity contribution in [2.75, 3.05) is 13.1 Å². The predicted molar refractivity (Wildman–Crippen MR) is 71.5 cm³/mol. The first-order valence-electron chi connectivity index (χ1n) is 6.16. The van der Waals surface area contributed by atoms with Crippen molar-refractivity contribution in [3.8, 4) is 12.3 Å². The van der Waals surface area contributed by atoms with Gasteiger partial charge in [0.2, 0.25) is 5.91 Å². The third-order valence-corrected chi connectivity index (χ3v) is 2.61. The van der Waals surface area contributed by atoms with Crippen LogP contribution >= 0.6 is 0 Å². The molecule has 0 heterocycles. The van der Waals surface area contributed by atoms with Gasteiger partial charge < -0.3 is 15.1 Å². The van der Waals surface area contributed by atoms with Crippen LogP contribution in [0.3, 0.4) is 0 Å². The van der Waals surface area contributed by atoms with Crippen LogP contribution in [-0.4, -0.2) is 40.4 Å². The van der Waals surface area contributed by atoms with E-state index in [2.05, 4.69) is 5.92 Å². The van der Waals surface area contributed by atoms with Crippen molar-refractivity contribution in [3.63, 3.8) is 0 Å². The minimum absolute atomic E-state index is 0.0504. The van der Waals surface area contributed by atoms with Gasteiger partial charge in [-0.25, -0.2) is 0 Å². The molecule has 2 N–H and O–H groups in total. The van der Waals surface area contributed by atoms with Crippen molar-refractivity contribution in [1.29, 1.82) is 0 Å². The van der Waals surface area contributed by atoms with Gasteiger partial charge in [0.15, 0.2) is 6.29 Å². The fourth-order valence-corrected chi connectivity index (χ4v) is 1.58. The fourth-order valence-electron chi connectivity index (χ4n) is 1.58. The number of hydrogen-bond acceptors (Lipinski definition) is 3. The number of aliphatic hydroxyl groups excluding tert-OH is 1. The minimum atomic E-state index is -1.48. The Hall–Kier alpha value is -1.31. The Bertz CT molecular complexity index is 326. The van der Waals surface area contributed by atoms with Crippen LogP contribution in [0.25, 0.3) is 0 Å². The summed E-state index contributed by atoms with van der Waals surface area (Å²) in [7, 11) is 0. The van der Waals surface area contributed by atoms with Crippen molar-refractivity contribution < 1.29 is 15.0 Å². The number of carbonyl (C=O) groups is 1. The first-order chi connectivity index (χ1) is 8.38. The molecule has 18 heavy (non-hydrogen) atoms. The molecular formula is C14H23NO3. The van der Waals surface area contributed by atoms with E-state index in [4.69, 9.17) is 16.6 Å². The predicted octanol–water partition coefficient (Wildman–Crippen LogP) is 1.14. The Labute approximate surface area is 109 Å². The molecule has 0 aliphatic rings. The van der Waals surface area contributed by atoms with Crippen molar-refractivity contribution in [3.05, 3.63) is 11.6 Å². The van der Waals surface area contributed by atoms with E-state index in [1.54, 1.807) is 0 Å². The molecule has 4 nitrogen and oxygen atoms in total. The molecule has 0 saturated heterocycles. The summed E-state index contributed by atoms with van der Waals surface area (Å²) in [5.74, 6) is 2.82. The second-order valence-corrected chi connectivity index (χ2v) is 4.55. The SMILES string of the molecule is C#C/C(=C/CCCN(CC(O)O)C(C)=O)C(C)C. The highest BCUT2D eigenvalue weighted by Crippen LogP contribution is 2.10. The molecule has 1 amide bonds. The van der Waals surface area contributed by atoms with Crippen LogP contribution in [0, 0.1) is 18.3 Å². The normalized spacial score (nSPS) is 11.8. The maximum Gasteiger partial charge on any atom is 0.219 e. The van der Waals surface area contributed by atoms with Crippen molar-refractivity contribution in [1.82, 2.24) is 4.90 Å². The van der Waals surface area contributed by atoms with Crippen molar-refractivity contribution in [2.24, 2.45) is 5.92 Å². The Morgan fingerprint density at radius 2 is 2.06 bits per heavy atom. The zero-order chi connectivity index (χ0) is 14.1. The van der Waals surface area contributed by atoms with Gasteiger partial charge in [0.25, 0.3) is 0 Å². The molecule has 0 spiro atoms. The first-order valence-corrected chi connectivity index (χ1v) is 6.16. The van der Waals surface area contributed by atoms with Crippen LogP contribution in [0.5, 0.6) is 0 Å². The van der Waals surface area contributed by atoms with Crippen LogP contribution in [0.4, 0.5) is 0 Å². The molecule has 0 aromatic carbocycles. The van der Waals surface area contributed by atoms with Gasteiger partial charge in [0.05, 0.1) is 6.54 Å².